The van der Waals surface area contributed by atoms with Gasteiger partial charge in [0.05, 0.1) is 0 Å². The summed E-state index contributed by atoms with van der Waals surface area (Å²) in [4.78, 5) is 20.7. The van der Waals surface area contributed by atoms with E-state index in [4.69, 9.17) is 4.52 Å². The number of carbonyl (C=O) groups excluding carboxylic acids is 1. The van der Waals surface area contributed by atoms with Crippen molar-refractivity contribution in [1.82, 2.24) is 15.0 Å². The number of carbonyl (C=O) groups is 1. The van der Waals surface area contributed by atoms with E-state index in [-0.39, 0.29) is 5.41 Å². The number of nitrogens with zero attached hydrogens (tertiary/aromatic N) is 4. The fourth-order valence-electron chi connectivity index (χ4n) is 3.33. The van der Waals surface area contributed by atoms with Crippen LogP contribution in [0.1, 0.15) is 58.8 Å². The van der Waals surface area contributed by atoms with Gasteiger partial charge in [0.15, 0.2) is 0 Å². The van der Waals surface area contributed by atoms with Crippen molar-refractivity contribution in [2.45, 2.75) is 58.3 Å². The first-order chi connectivity index (χ1) is 10.9. The molecule has 1 aromatic rings. The van der Waals surface area contributed by atoms with Crippen molar-refractivity contribution in [2.75, 3.05) is 31.1 Å². The van der Waals surface area contributed by atoms with Crippen LogP contribution in [0.3, 0.4) is 0 Å². The Morgan fingerprint density at radius 3 is 2.52 bits per heavy atom. The number of aromatic nitrogens is 2. The SMILES string of the molecule is CC(C)(C)c1nc(N2CCC(CN3CCCCC3=O)CC2)no1. The molecule has 6 nitrogen and oxygen atoms in total. The lowest BCUT2D eigenvalue weighted by atomic mass is 9.95. The highest BCUT2D eigenvalue weighted by molar-refractivity contribution is 5.76. The van der Waals surface area contributed by atoms with Crippen molar-refractivity contribution in [3.8, 4) is 0 Å². The van der Waals surface area contributed by atoms with E-state index < -0.39 is 0 Å². The van der Waals surface area contributed by atoms with Gasteiger partial charge in [0, 0.05) is 38.0 Å². The van der Waals surface area contributed by atoms with E-state index >= 15 is 0 Å². The molecule has 3 heterocycles. The van der Waals surface area contributed by atoms with Gasteiger partial charge >= 0.3 is 0 Å². The lowest BCUT2D eigenvalue weighted by molar-refractivity contribution is -0.134. The number of hydrogen-bond donors (Lipinski definition) is 0. The van der Waals surface area contributed by atoms with Gasteiger partial charge < -0.3 is 14.3 Å². The topological polar surface area (TPSA) is 62.5 Å². The second-order valence-electron chi connectivity index (χ2n) is 7.88. The van der Waals surface area contributed by atoms with E-state index in [1.807, 2.05) is 0 Å². The van der Waals surface area contributed by atoms with Gasteiger partial charge in [-0.25, -0.2) is 0 Å². The minimum Gasteiger partial charge on any atom is -0.342 e. The van der Waals surface area contributed by atoms with Crippen LogP contribution in [0.5, 0.6) is 0 Å². The fraction of sp³-hybridized carbons (Fsp3) is 0.824. The Morgan fingerprint density at radius 1 is 1.17 bits per heavy atom. The zero-order valence-electron chi connectivity index (χ0n) is 14.5. The number of hydrogen-bond acceptors (Lipinski definition) is 5. The minimum atomic E-state index is -0.113. The Labute approximate surface area is 138 Å². The Morgan fingerprint density at radius 2 is 1.91 bits per heavy atom. The van der Waals surface area contributed by atoms with Gasteiger partial charge in [-0.15, -0.1) is 0 Å². The van der Waals surface area contributed by atoms with Crippen molar-refractivity contribution >= 4 is 11.9 Å². The van der Waals surface area contributed by atoms with Gasteiger partial charge in [0.2, 0.25) is 11.8 Å². The largest absolute Gasteiger partial charge is 0.342 e. The van der Waals surface area contributed by atoms with Crippen LogP contribution in [0.2, 0.25) is 0 Å². The van der Waals surface area contributed by atoms with Crippen LogP contribution >= 0.6 is 0 Å². The Kier molecular flexibility index (Phi) is 4.60. The normalized spacial score (nSPS) is 21.1. The highest BCUT2D eigenvalue weighted by atomic mass is 16.5. The summed E-state index contributed by atoms with van der Waals surface area (Å²) in [7, 11) is 0. The maximum atomic E-state index is 11.9. The Bertz CT molecular complexity index is 541. The molecule has 128 valence electrons. The van der Waals surface area contributed by atoms with Gasteiger partial charge in [0.25, 0.3) is 5.95 Å². The van der Waals surface area contributed by atoms with E-state index in [1.54, 1.807) is 0 Å². The average molecular weight is 320 g/mol. The zero-order valence-corrected chi connectivity index (χ0v) is 14.5. The molecule has 1 aromatic heterocycles. The summed E-state index contributed by atoms with van der Waals surface area (Å²) in [5.74, 6) is 2.34. The summed E-state index contributed by atoms with van der Waals surface area (Å²) in [5, 5.41) is 4.13. The van der Waals surface area contributed by atoms with Crippen molar-refractivity contribution in [2.24, 2.45) is 5.92 Å². The predicted octanol–water partition coefficient (Wildman–Crippen LogP) is 2.60. The third-order valence-electron chi connectivity index (χ3n) is 4.85. The van der Waals surface area contributed by atoms with E-state index in [0.717, 1.165) is 58.3 Å². The second-order valence-corrected chi connectivity index (χ2v) is 7.88. The third-order valence-corrected chi connectivity index (χ3v) is 4.85. The molecule has 0 unspecified atom stereocenters. The standard InChI is InChI=1S/C17H28N4O2/c1-17(2,3)15-18-16(19-23-15)20-10-7-13(8-11-20)12-21-9-5-4-6-14(21)22/h13H,4-12H2,1-3H3. The zero-order chi connectivity index (χ0) is 16.4. The molecule has 0 bridgehead atoms. The van der Waals surface area contributed by atoms with Gasteiger partial charge in [-0.1, -0.05) is 20.8 Å². The van der Waals surface area contributed by atoms with Crippen LogP contribution in [0.15, 0.2) is 4.52 Å². The smallest absolute Gasteiger partial charge is 0.266 e. The van der Waals surface area contributed by atoms with Crippen molar-refractivity contribution < 1.29 is 9.32 Å². The van der Waals surface area contributed by atoms with E-state index in [1.165, 1.54) is 0 Å². The molecule has 6 heteroatoms. The van der Waals surface area contributed by atoms with Crippen molar-refractivity contribution in [3.63, 3.8) is 0 Å². The number of amides is 1. The van der Waals surface area contributed by atoms with Crippen LogP contribution in [-0.2, 0) is 10.2 Å². The fourth-order valence-corrected chi connectivity index (χ4v) is 3.33. The first kappa shape index (κ1) is 16.3. The molecule has 0 N–H and O–H groups in total. The third kappa shape index (κ3) is 3.85. The molecule has 0 spiro atoms. The van der Waals surface area contributed by atoms with Crippen molar-refractivity contribution in [3.05, 3.63) is 5.89 Å². The summed E-state index contributed by atoms with van der Waals surface area (Å²) >= 11 is 0. The molecule has 3 rings (SSSR count). The molecular weight excluding hydrogens is 292 g/mol. The molecular formula is C17H28N4O2. The van der Waals surface area contributed by atoms with E-state index in [9.17, 15) is 4.79 Å². The molecule has 2 fully saturated rings. The lowest BCUT2D eigenvalue weighted by Gasteiger charge is -2.35. The molecule has 2 saturated heterocycles. The molecule has 2 aliphatic rings. The van der Waals surface area contributed by atoms with Gasteiger partial charge in [-0.2, -0.15) is 4.98 Å². The summed E-state index contributed by atoms with van der Waals surface area (Å²) in [5.41, 5.74) is -0.113. The molecule has 1 amide bonds. The van der Waals surface area contributed by atoms with Crippen molar-refractivity contribution in [1.29, 1.82) is 0 Å². The minimum absolute atomic E-state index is 0.113. The second kappa shape index (κ2) is 6.49. The summed E-state index contributed by atoms with van der Waals surface area (Å²) in [6.07, 6.45) is 5.12. The average Bonchev–Trinajstić information content (AvgIpc) is 3.00. The summed E-state index contributed by atoms with van der Waals surface area (Å²) in [6, 6.07) is 0. The molecule has 0 radical (unpaired) electrons. The summed E-state index contributed by atoms with van der Waals surface area (Å²) < 4.78 is 5.39. The molecule has 0 aliphatic carbocycles. The number of anilines is 1. The first-order valence-electron chi connectivity index (χ1n) is 8.80. The molecule has 0 aromatic carbocycles. The van der Waals surface area contributed by atoms with E-state index in [2.05, 4.69) is 40.7 Å². The number of likely N-dealkylation sites (tertiary alicyclic amines) is 1. The molecule has 0 saturated carbocycles. The van der Waals surface area contributed by atoms with Crippen LogP contribution < -0.4 is 4.90 Å². The van der Waals surface area contributed by atoms with Gasteiger partial charge in [-0.3, -0.25) is 4.79 Å². The predicted molar refractivity (Wildman–Crippen MR) is 88.4 cm³/mol. The van der Waals surface area contributed by atoms with Crippen LogP contribution in [-0.4, -0.2) is 47.1 Å². The number of rotatable bonds is 3. The van der Waals surface area contributed by atoms with Crippen LogP contribution in [0, 0.1) is 5.92 Å². The maximum Gasteiger partial charge on any atom is 0.266 e. The van der Waals surface area contributed by atoms with Gasteiger partial charge in [-0.05, 0) is 36.8 Å². The summed E-state index contributed by atoms with van der Waals surface area (Å²) in [6.45, 7) is 9.97. The molecule has 2 aliphatic heterocycles. The first-order valence-corrected chi connectivity index (χ1v) is 8.80. The Balaban J connectivity index is 1.52. The monoisotopic (exact) mass is 320 g/mol. The number of piperidine rings is 2. The van der Waals surface area contributed by atoms with E-state index in [0.29, 0.717) is 23.7 Å². The quantitative estimate of drug-likeness (QED) is 0.856. The molecule has 23 heavy (non-hydrogen) atoms. The van der Waals surface area contributed by atoms with Gasteiger partial charge in [0.1, 0.15) is 0 Å². The molecule has 0 atom stereocenters. The Hall–Kier alpha value is -1.59. The lowest BCUT2D eigenvalue weighted by Crippen LogP contribution is -2.43. The van der Waals surface area contributed by atoms with Crippen LogP contribution in [0.25, 0.3) is 0 Å². The highest BCUT2D eigenvalue weighted by Crippen LogP contribution is 2.26. The highest BCUT2D eigenvalue weighted by Gasteiger charge is 2.28. The maximum absolute atomic E-state index is 11.9. The van der Waals surface area contributed by atoms with Crippen LogP contribution in [0.4, 0.5) is 5.95 Å².